The molecule has 212 valence electrons. The summed E-state index contributed by atoms with van der Waals surface area (Å²) >= 11 is 0. The van der Waals surface area contributed by atoms with Crippen LogP contribution in [-0.2, 0) is 0 Å². The number of pyridine rings is 2. The second-order valence-electron chi connectivity index (χ2n) is 11.2. The SMILES string of the molecule is Cc1ccc(-c2nc(-c3cccc(-c4cncc5ccccc45)c3)nc(-c3cccc(-c4cncc5ccccc45)c3)n2)cc1. The average molecular weight is 578 g/mol. The molecule has 0 saturated carbocycles. The van der Waals surface area contributed by atoms with Gasteiger partial charge in [0.25, 0.3) is 0 Å². The largest absolute Gasteiger partial charge is 0.263 e. The summed E-state index contributed by atoms with van der Waals surface area (Å²) in [6.07, 6.45) is 7.64. The van der Waals surface area contributed by atoms with E-state index in [1.54, 1.807) is 0 Å². The number of hydrogen-bond acceptors (Lipinski definition) is 5. The van der Waals surface area contributed by atoms with Crippen LogP contribution in [0.3, 0.4) is 0 Å². The maximum absolute atomic E-state index is 5.06. The minimum atomic E-state index is 0.614. The number of rotatable bonds is 5. The molecule has 5 nitrogen and oxygen atoms in total. The van der Waals surface area contributed by atoms with E-state index in [1.807, 2.05) is 36.9 Å². The van der Waals surface area contributed by atoms with Crippen molar-refractivity contribution in [3.63, 3.8) is 0 Å². The molecule has 0 aliphatic rings. The molecule has 8 aromatic rings. The van der Waals surface area contributed by atoms with Crippen molar-refractivity contribution >= 4 is 21.5 Å². The molecule has 3 heterocycles. The van der Waals surface area contributed by atoms with E-state index in [1.165, 1.54) is 5.56 Å². The van der Waals surface area contributed by atoms with E-state index in [4.69, 9.17) is 15.0 Å². The van der Waals surface area contributed by atoms with Crippen molar-refractivity contribution in [1.29, 1.82) is 0 Å². The molecule has 0 aliphatic carbocycles. The van der Waals surface area contributed by atoms with Crippen LogP contribution in [-0.4, -0.2) is 24.9 Å². The standard InChI is InChI=1S/C40H27N5/c1-26-16-18-27(19-17-26)38-43-39(30-12-6-10-28(20-30)36-24-41-22-32-8-2-4-14-34(32)36)45-40(44-38)31-13-7-11-29(21-31)37-25-42-23-33-9-3-5-15-35(33)37/h2-25H,1H3. The van der Waals surface area contributed by atoms with Crippen LogP contribution in [0.5, 0.6) is 0 Å². The summed E-state index contributed by atoms with van der Waals surface area (Å²) < 4.78 is 0. The lowest BCUT2D eigenvalue weighted by Crippen LogP contribution is -2.00. The number of aromatic nitrogens is 5. The molecular weight excluding hydrogens is 550 g/mol. The number of hydrogen-bond donors (Lipinski definition) is 0. The third kappa shape index (κ3) is 5.11. The zero-order chi connectivity index (χ0) is 30.2. The fourth-order valence-electron chi connectivity index (χ4n) is 5.81. The molecule has 0 atom stereocenters. The van der Waals surface area contributed by atoms with Crippen LogP contribution in [0, 0.1) is 6.92 Å². The third-order valence-corrected chi connectivity index (χ3v) is 8.15. The molecule has 0 N–H and O–H groups in total. The molecular formula is C40H27N5. The van der Waals surface area contributed by atoms with Crippen molar-refractivity contribution in [2.24, 2.45) is 0 Å². The number of benzene rings is 5. The Hall–Kier alpha value is -6.07. The lowest BCUT2D eigenvalue weighted by molar-refractivity contribution is 1.07. The zero-order valence-corrected chi connectivity index (χ0v) is 24.6. The third-order valence-electron chi connectivity index (χ3n) is 8.15. The quantitative estimate of drug-likeness (QED) is 0.204. The number of aryl methyl sites for hydroxylation is 1. The monoisotopic (exact) mass is 577 g/mol. The van der Waals surface area contributed by atoms with Crippen LogP contribution >= 0.6 is 0 Å². The van der Waals surface area contributed by atoms with Crippen molar-refractivity contribution in [2.75, 3.05) is 0 Å². The first-order valence-electron chi connectivity index (χ1n) is 14.9. The first kappa shape index (κ1) is 26.5. The van der Waals surface area contributed by atoms with Crippen LogP contribution in [0.25, 0.3) is 78.0 Å². The van der Waals surface area contributed by atoms with Gasteiger partial charge in [-0.2, -0.15) is 0 Å². The Balaban J connectivity index is 1.28. The van der Waals surface area contributed by atoms with Gasteiger partial charge in [0.05, 0.1) is 0 Å². The van der Waals surface area contributed by atoms with E-state index in [0.29, 0.717) is 17.5 Å². The van der Waals surface area contributed by atoms with Crippen molar-refractivity contribution < 1.29 is 0 Å². The molecule has 0 bridgehead atoms. The summed E-state index contributed by atoms with van der Waals surface area (Å²) in [5.74, 6) is 1.86. The minimum absolute atomic E-state index is 0.614. The topological polar surface area (TPSA) is 64.5 Å². The Bertz CT molecular complexity index is 2190. The molecule has 0 radical (unpaired) electrons. The Morgan fingerprint density at radius 2 is 0.822 bits per heavy atom. The summed E-state index contributed by atoms with van der Waals surface area (Å²) in [4.78, 5) is 24.1. The van der Waals surface area contributed by atoms with Crippen molar-refractivity contribution in [3.8, 4) is 56.4 Å². The predicted octanol–water partition coefficient (Wildman–Crippen LogP) is 9.61. The molecule has 45 heavy (non-hydrogen) atoms. The molecule has 5 aromatic carbocycles. The Morgan fingerprint density at radius 3 is 1.33 bits per heavy atom. The lowest BCUT2D eigenvalue weighted by atomic mass is 9.99. The van der Waals surface area contributed by atoms with Gasteiger partial charge < -0.3 is 0 Å². The summed E-state index contributed by atoms with van der Waals surface area (Å²) in [5, 5.41) is 4.51. The maximum Gasteiger partial charge on any atom is 0.164 e. The molecule has 0 unspecified atom stereocenters. The Morgan fingerprint density at radius 1 is 0.378 bits per heavy atom. The van der Waals surface area contributed by atoms with Crippen LogP contribution in [0.2, 0.25) is 0 Å². The second kappa shape index (κ2) is 11.2. The number of fused-ring (bicyclic) bond motifs is 2. The Kier molecular flexibility index (Phi) is 6.61. The van der Waals surface area contributed by atoms with Crippen LogP contribution in [0.1, 0.15) is 5.56 Å². The van der Waals surface area contributed by atoms with Gasteiger partial charge in [0.15, 0.2) is 17.5 Å². The van der Waals surface area contributed by atoms with Crippen LogP contribution in [0.15, 0.2) is 146 Å². The highest BCUT2D eigenvalue weighted by Crippen LogP contribution is 2.33. The Labute approximate surface area is 261 Å². The highest BCUT2D eigenvalue weighted by Gasteiger charge is 2.15. The predicted molar refractivity (Wildman–Crippen MR) is 182 cm³/mol. The average Bonchev–Trinajstić information content (AvgIpc) is 3.11. The van der Waals surface area contributed by atoms with E-state index in [2.05, 4.69) is 126 Å². The van der Waals surface area contributed by atoms with E-state index in [9.17, 15) is 0 Å². The van der Waals surface area contributed by atoms with Gasteiger partial charge in [-0.15, -0.1) is 0 Å². The molecule has 8 rings (SSSR count). The molecule has 0 aliphatic heterocycles. The maximum atomic E-state index is 5.06. The normalized spacial score (nSPS) is 11.2. The molecule has 0 saturated heterocycles. The van der Waals surface area contributed by atoms with Gasteiger partial charge in [0.1, 0.15) is 0 Å². The summed E-state index contributed by atoms with van der Waals surface area (Å²) in [5.41, 5.74) is 8.19. The van der Waals surface area contributed by atoms with Gasteiger partial charge >= 0.3 is 0 Å². The van der Waals surface area contributed by atoms with Gasteiger partial charge in [-0.3, -0.25) is 9.97 Å². The summed E-state index contributed by atoms with van der Waals surface area (Å²) in [6, 6.07) is 41.6. The molecule has 0 spiro atoms. The first-order valence-corrected chi connectivity index (χ1v) is 14.9. The van der Waals surface area contributed by atoms with Crippen LogP contribution in [0.4, 0.5) is 0 Å². The van der Waals surface area contributed by atoms with Crippen molar-refractivity contribution in [2.45, 2.75) is 6.92 Å². The molecule has 3 aromatic heterocycles. The minimum Gasteiger partial charge on any atom is -0.263 e. The molecule has 0 fully saturated rings. The fraction of sp³-hybridized carbons (Fsp3) is 0.0250. The van der Waals surface area contributed by atoms with Gasteiger partial charge in [-0.1, -0.05) is 115 Å². The second-order valence-corrected chi connectivity index (χ2v) is 11.2. The van der Waals surface area contributed by atoms with Gasteiger partial charge in [0, 0.05) is 63.4 Å². The fourth-order valence-corrected chi connectivity index (χ4v) is 5.81. The van der Waals surface area contributed by atoms with E-state index >= 15 is 0 Å². The van der Waals surface area contributed by atoms with Gasteiger partial charge in [-0.05, 0) is 41.0 Å². The smallest absolute Gasteiger partial charge is 0.164 e. The van der Waals surface area contributed by atoms with Gasteiger partial charge in [0.2, 0.25) is 0 Å². The highest BCUT2D eigenvalue weighted by molar-refractivity contribution is 5.97. The molecule has 0 amide bonds. The number of nitrogens with zero attached hydrogens (tertiary/aromatic N) is 5. The summed E-state index contributed by atoms with van der Waals surface area (Å²) in [7, 11) is 0. The first-order chi connectivity index (χ1) is 22.2. The zero-order valence-electron chi connectivity index (χ0n) is 24.6. The van der Waals surface area contributed by atoms with E-state index in [-0.39, 0.29) is 0 Å². The molecule has 5 heteroatoms. The van der Waals surface area contributed by atoms with Crippen molar-refractivity contribution in [1.82, 2.24) is 24.9 Å². The highest BCUT2D eigenvalue weighted by atomic mass is 15.0. The lowest BCUT2D eigenvalue weighted by Gasteiger charge is -2.12. The van der Waals surface area contributed by atoms with E-state index in [0.717, 1.165) is 60.5 Å². The van der Waals surface area contributed by atoms with Gasteiger partial charge in [-0.25, -0.2) is 15.0 Å². The summed E-state index contributed by atoms with van der Waals surface area (Å²) in [6.45, 7) is 2.08. The van der Waals surface area contributed by atoms with Crippen molar-refractivity contribution in [3.05, 3.63) is 152 Å². The van der Waals surface area contributed by atoms with E-state index < -0.39 is 0 Å². The van der Waals surface area contributed by atoms with Crippen LogP contribution < -0.4 is 0 Å².